The van der Waals surface area contributed by atoms with E-state index >= 15 is 0 Å². The van der Waals surface area contributed by atoms with Gasteiger partial charge in [0.2, 0.25) is 0 Å². The van der Waals surface area contributed by atoms with Crippen LogP contribution in [0, 0.1) is 6.92 Å². The second kappa shape index (κ2) is 5.91. The van der Waals surface area contributed by atoms with Crippen LogP contribution in [0.4, 0.5) is 0 Å². The molecule has 0 aliphatic rings. The molecule has 120 valence electrons. The number of hydrogen-bond donors (Lipinski definition) is 0. The van der Waals surface area contributed by atoms with Gasteiger partial charge in [-0.05, 0) is 49.3 Å². The number of hydrogen-bond acceptors (Lipinski definition) is 2. The summed E-state index contributed by atoms with van der Waals surface area (Å²) >= 11 is -1.04. The topological polar surface area (TPSA) is 50.0 Å². The Morgan fingerprint density at radius 2 is 2.00 bits per heavy atom. The van der Waals surface area contributed by atoms with Crippen molar-refractivity contribution < 1.29 is 4.55 Å². The van der Waals surface area contributed by atoms with Gasteiger partial charge in [-0.25, -0.2) is 0 Å². The van der Waals surface area contributed by atoms with Gasteiger partial charge in [0.15, 0.2) is 4.90 Å². The molecule has 0 amide bonds. The fourth-order valence-corrected chi connectivity index (χ4v) is 3.85. The number of benzene rings is 1. The first-order valence-corrected chi connectivity index (χ1v) is 9.13. The minimum Gasteiger partial charge on any atom is -0.612 e. The molecular formula is C18H20N2O2S. The molecule has 1 unspecified atom stereocenters. The van der Waals surface area contributed by atoms with E-state index in [9.17, 15) is 9.35 Å². The fourth-order valence-electron chi connectivity index (χ4n) is 3.11. The molecule has 1 aromatic carbocycles. The quantitative estimate of drug-likeness (QED) is 0.694. The van der Waals surface area contributed by atoms with Crippen molar-refractivity contribution in [3.05, 3.63) is 52.4 Å². The summed E-state index contributed by atoms with van der Waals surface area (Å²) in [5, 5.41) is 1.01. The van der Waals surface area contributed by atoms with E-state index in [-0.39, 0.29) is 5.56 Å². The third kappa shape index (κ3) is 2.60. The highest BCUT2D eigenvalue weighted by Crippen LogP contribution is 2.32. The molecule has 4 nitrogen and oxygen atoms in total. The van der Waals surface area contributed by atoms with Crippen LogP contribution in [0.15, 0.2) is 46.2 Å². The Hall–Kier alpha value is -1.98. The number of aryl methyl sites for hydroxylation is 3. The largest absolute Gasteiger partial charge is 0.612 e. The summed E-state index contributed by atoms with van der Waals surface area (Å²) in [5.41, 5.74) is 3.84. The molecule has 0 saturated heterocycles. The van der Waals surface area contributed by atoms with Crippen LogP contribution in [0.1, 0.15) is 12.5 Å². The third-order valence-corrected chi connectivity index (χ3v) is 5.17. The summed E-state index contributed by atoms with van der Waals surface area (Å²) in [7, 11) is 1.77. The van der Waals surface area contributed by atoms with E-state index in [1.54, 1.807) is 17.9 Å². The van der Waals surface area contributed by atoms with Crippen LogP contribution in [0.2, 0.25) is 0 Å². The summed E-state index contributed by atoms with van der Waals surface area (Å²) in [6, 6.07) is 9.91. The highest BCUT2D eigenvalue weighted by molar-refractivity contribution is 7.91. The van der Waals surface area contributed by atoms with Crippen molar-refractivity contribution in [2.45, 2.75) is 25.3 Å². The van der Waals surface area contributed by atoms with Gasteiger partial charge in [-0.15, -0.1) is 0 Å². The van der Waals surface area contributed by atoms with E-state index < -0.39 is 11.2 Å². The minimum atomic E-state index is -1.04. The lowest BCUT2D eigenvalue weighted by molar-refractivity contribution is 0.601. The lowest BCUT2D eigenvalue weighted by Crippen LogP contribution is -2.18. The molecule has 0 spiro atoms. The maximum Gasteiger partial charge on any atom is 0.253 e. The molecule has 0 fully saturated rings. The molecule has 0 N–H and O–H groups in total. The van der Waals surface area contributed by atoms with Crippen molar-refractivity contribution in [3.63, 3.8) is 0 Å². The van der Waals surface area contributed by atoms with Gasteiger partial charge in [-0.2, -0.15) is 0 Å². The Kier molecular flexibility index (Phi) is 4.08. The predicted octanol–water partition coefficient (Wildman–Crippen LogP) is 3.07. The molecule has 2 heterocycles. The van der Waals surface area contributed by atoms with Crippen LogP contribution in [-0.2, 0) is 24.8 Å². The number of aromatic nitrogens is 2. The summed E-state index contributed by atoms with van der Waals surface area (Å²) in [5.74, 6) is 0. The highest BCUT2D eigenvalue weighted by Gasteiger charge is 2.17. The number of nitrogens with zero attached hydrogens (tertiary/aromatic N) is 2. The number of rotatable bonds is 3. The molecule has 0 aliphatic heterocycles. The zero-order valence-electron chi connectivity index (χ0n) is 13.8. The first kappa shape index (κ1) is 15.9. The SMILES string of the molecule is CCn1c(-c2cc(C)c(=O)n(C)c2)cc2c([S+](C)[O-])cccc21. The fraction of sp³-hybridized carbons (Fsp3) is 0.278. The second-order valence-corrected chi connectivity index (χ2v) is 7.09. The highest BCUT2D eigenvalue weighted by atomic mass is 32.2. The lowest BCUT2D eigenvalue weighted by atomic mass is 10.1. The van der Waals surface area contributed by atoms with Gasteiger partial charge in [-0.1, -0.05) is 6.07 Å². The van der Waals surface area contributed by atoms with E-state index in [1.807, 2.05) is 37.4 Å². The van der Waals surface area contributed by atoms with Crippen LogP contribution in [0.25, 0.3) is 22.2 Å². The van der Waals surface area contributed by atoms with Crippen molar-refractivity contribution in [1.82, 2.24) is 9.13 Å². The van der Waals surface area contributed by atoms with Gasteiger partial charge in [0.25, 0.3) is 5.56 Å². The van der Waals surface area contributed by atoms with Crippen molar-refractivity contribution in [2.75, 3.05) is 6.26 Å². The Morgan fingerprint density at radius 1 is 1.26 bits per heavy atom. The molecule has 0 aliphatic carbocycles. The van der Waals surface area contributed by atoms with Crippen molar-refractivity contribution in [3.8, 4) is 11.3 Å². The summed E-state index contributed by atoms with van der Waals surface area (Å²) in [6.45, 7) is 4.73. The minimum absolute atomic E-state index is 0.0169. The second-order valence-electron chi connectivity index (χ2n) is 5.74. The monoisotopic (exact) mass is 328 g/mol. The molecule has 23 heavy (non-hydrogen) atoms. The maximum atomic E-state index is 12.0. The summed E-state index contributed by atoms with van der Waals surface area (Å²) < 4.78 is 15.8. The van der Waals surface area contributed by atoms with E-state index in [0.717, 1.165) is 39.2 Å². The van der Waals surface area contributed by atoms with Gasteiger partial charge in [-0.3, -0.25) is 4.79 Å². The van der Waals surface area contributed by atoms with Crippen LogP contribution in [0.3, 0.4) is 0 Å². The molecule has 0 radical (unpaired) electrons. The molecule has 5 heteroatoms. The Bertz CT molecular complexity index is 912. The summed E-state index contributed by atoms with van der Waals surface area (Å²) in [6.07, 6.45) is 3.56. The van der Waals surface area contributed by atoms with E-state index in [1.165, 1.54) is 0 Å². The van der Waals surface area contributed by atoms with Crippen molar-refractivity contribution >= 4 is 22.1 Å². The molecule has 0 saturated carbocycles. The smallest absolute Gasteiger partial charge is 0.253 e. The van der Waals surface area contributed by atoms with Gasteiger partial charge >= 0.3 is 0 Å². The average molecular weight is 328 g/mol. The molecule has 2 aromatic heterocycles. The molecule has 0 bridgehead atoms. The Labute approximate surface area is 138 Å². The third-order valence-electron chi connectivity index (χ3n) is 4.19. The van der Waals surface area contributed by atoms with Gasteiger partial charge in [0.1, 0.15) is 6.26 Å². The number of pyridine rings is 1. The number of fused-ring (bicyclic) bond motifs is 1. The predicted molar refractivity (Wildman–Crippen MR) is 95.4 cm³/mol. The van der Waals surface area contributed by atoms with Crippen LogP contribution in [-0.4, -0.2) is 19.9 Å². The van der Waals surface area contributed by atoms with E-state index in [4.69, 9.17) is 0 Å². The van der Waals surface area contributed by atoms with Gasteiger partial charge in [0.05, 0.1) is 16.6 Å². The van der Waals surface area contributed by atoms with Crippen LogP contribution in [0.5, 0.6) is 0 Å². The van der Waals surface area contributed by atoms with E-state index in [2.05, 4.69) is 17.6 Å². The van der Waals surface area contributed by atoms with Crippen molar-refractivity contribution in [1.29, 1.82) is 0 Å². The van der Waals surface area contributed by atoms with Crippen molar-refractivity contribution in [2.24, 2.45) is 7.05 Å². The van der Waals surface area contributed by atoms with Crippen LogP contribution < -0.4 is 5.56 Å². The lowest BCUT2D eigenvalue weighted by Gasteiger charge is -2.10. The van der Waals surface area contributed by atoms with E-state index in [0.29, 0.717) is 0 Å². The first-order chi connectivity index (χ1) is 10.9. The zero-order chi connectivity index (χ0) is 16.7. The normalized spacial score (nSPS) is 12.7. The Morgan fingerprint density at radius 3 is 2.61 bits per heavy atom. The molecule has 1 atom stereocenters. The maximum absolute atomic E-state index is 12.0. The molecule has 3 rings (SSSR count). The summed E-state index contributed by atoms with van der Waals surface area (Å²) in [4.78, 5) is 12.8. The molecular weight excluding hydrogens is 308 g/mol. The van der Waals surface area contributed by atoms with Gasteiger partial charge < -0.3 is 13.7 Å². The standard InChI is InChI=1S/C18H20N2O2S/c1-5-20-15-7-6-8-17(23(4)22)14(15)10-16(20)13-9-12(2)18(21)19(3)11-13/h6-11H,5H2,1-4H3. The van der Waals surface area contributed by atoms with Gasteiger partial charge in [0, 0.05) is 30.9 Å². The zero-order valence-corrected chi connectivity index (χ0v) is 14.6. The average Bonchev–Trinajstić information content (AvgIpc) is 2.90. The van der Waals surface area contributed by atoms with Crippen LogP contribution >= 0.6 is 0 Å². The Balaban J connectivity index is 2.34. The first-order valence-electron chi connectivity index (χ1n) is 7.57. The molecule has 3 aromatic rings.